The lowest BCUT2D eigenvalue weighted by atomic mass is 10.1. The van der Waals surface area contributed by atoms with Crippen LogP contribution in [0.15, 0.2) is 65.8 Å². The zero-order chi connectivity index (χ0) is 20.1. The molecule has 0 saturated heterocycles. The number of pyridine rings is 1. The molecular formula is C19H17F3N4O2. The smallest absolute Gasteiger partial charge is 0.350 e. The Hall–Kier alpha value is -3.36. The zero-order valence-electron chi connectivity index (χ0n) is 14.7. The molecule has 146 valence electrons. The number of alkyl halides is 3. The van der Waals surface area contributed by atoms with Crippen LogP contribution in [0.5, 0.6) is 0 Å². The molecule has 0 aliphatic heterocycles. The van der Waals surface area contributed by atoms with Gasteiger partial charge in [0.2, 0.25) is 5.91 Å². The molecule has 0 atom stereocenters. The van der Waals surface area contributed by atoms with Gasteiger partial charge < -0.3 is 9.88 Å². The van der Waals surface area contributed by atoms with Crippen LogP contribution in [0.25, 0.3) is 0 Å². The molecule has 28 heavy (non-hydrogen) atoms. The van der Waals surface area contributed by atoms with Crippen LogP contribution in [-0.2, 0) is 30.6 Å². The minimum atomic E-state index is -4.76. The van der Waals surface area contributed by atoms with Crippen LogP contribution in [0, 0.1) is 0 Å². The Morgan fingerprint density at radius 2 is 1.79 bits per heavy atom. The molecule has 0 aliphatic carbocycles. The summed E-state index contributed by atoms with van der Waals surface area (Å²) in [6, 6.07) is 11.0. The van der Waals surface area contributed by atoms with Gasteiger partial charge in [-0.05, 0) is 29.3 Å². The van der Waals surface area contributed by atoms with Gasteiger partial charge in [-0.25, -0.2) is 0 Å². The van der Waals surface area contributed by atoms with Gasteiger partial charge in [-0.2, -0.15) is 18.3 Å². The second kappa shape index (κ2) is 8.12. The van der Waals surface area contributed by atoms with E-state index in [0.717, 1.165) is 28.0 Å². The molecule has 0 fully saturated rings. The summed E-state index contributed by atoms with van der Waals surface area (Å²) in [6.45, 7) is 0.209. The monoisotopic (exact) mass is 390 g/mol. The molecule has 0 saturated carbocycles. The third-order valence-electron chi connectivity index (χ3n) is 4.13. The number of nitrogens with zero attached hydrogens (tertiary/aromatic N) is 3. The average Bonchev–Trinajstić information content (AvgIpc) is 3.15. The molecule has 3 aromatic rings. The van der Waals surface area contributed by atoms with E-state index in [-0.39, 0.29) is 6.54 Å². The van der Waals surface area contributed by atoms with Crippen LogP contribution in [0.3, 0.4) is 0 Å². The predicted molar refractivity (Wildman–Crippen MR) is 95.3 cm³/mol. The van der Waals surface area contributed by atoms with Crippen molar-refractivity contribution in [3.8, 4) is 0 Å². The first-order chi connectivity index (χ1) is 13.3. The molecular weight excluding hydrogens is 373 g/mol. The molecule has 3 rings (SSSR count). The third-order valence-corrected chi connectivity index (χ3v) is 4.13. The van der Waals surface area contributed by atoms with E-state index in [4.69, 9.17) is 0 Å². The van der Waals surface area contributed by atoms with E-state index >= 15 is 0 Å². The standard InChI is InChI=1S/C19H17F3N4O2/c20-19(21,22)16-7-3-9-25(18(16)28)13-17(27)23-11-14-5-1-2-6-15(14)12-26-10-4-8-24-26/h1-10H,11-13H2,(H,23,27). The number of amides is 1. The number of hydrogen-bond acceptors (Lipinski definition) is 3. The average molecular weight is 390 g/mol. The Morgan fingerprint density at radius 3 is 2.46 bits per heavy atom. The minimum Gasteiger partial charge on any atom is -0.350 e. The van der Waals surface area contributed by atoms with E-state index in [1.807, 2.05) is 30.5 Å². The summed E-state index contributed by atoms with van der Waals surface area (Å²) in [5.41, 5.74) is -0.748. The second-order valence-corrected chi connectivity index (χ2v) is 6.10. The molecule has 0 spiro atoms. The fourth-order valence-corrected chi connectivity index (χ4v) is 2.73. The fourth-order valence-electron chi connectivity index (χ4n) is 2.73. The maximum absolute atomic E-state index is 12.8. The lowest BCUT2D eigenvalue weighted by Crippen LogP contribution is -2.34. The molecule has 0 aliphatic rings. The fraction of sp³-hybridized carbons (Fsp3) is 0.211. The van der Waals surface area contributed by atoms with Gasteiger partial charge in [-0.15, -0.1) is 0 Å². The maximum Gasteiger partial charge on any atom is 0.421 e. The summed E-state index contributed by atoms with van der Waals surface area (Å²) in [5, 5.41) is 6.78. The Labute approximate surface area is 158 Å². The first-order valence-electron chi connectivity index (χ1n) is 8.42. The number of rotatable bonds is 6. The maximum atomic E-state index is 12.8. The van der Waals surface area contributed by atoms with E-state index in [9.17, 15) is 22.8 Å². The van der Waals surface area contributed by atoms with Gasteiger partial charge in [0.05, 0.1) is 6.54 Å². The summed E-state index contributed by atoms with van der Waals surface area (Å²) in [6.07, 6.45) is -0.128. The molecule has 2 heterocycles. The summed E-state index contributed by atoms with van der Waals surface area (Å²) in [4.78, 5) is 24.1. The number of benzene rings is 1. The molecule has 1 N–H and O–H groups in total. The van der Waals surface area contributed by atoms with Crippen LogP contribution < -0.4 is 10.9 Å². The van der Waals surface area contributed by atoms with Crippen LogP contribution in [-0.4, -0.2) is 20.3 Å². The molecule has 0 radical (unpaired) electrons. The van der Waals surface area contributed by atoms with Crippen molar-refractivity contribution in [3.05, 3.63) is 88.1 Å². The van der Waals surface area contributed by atoms with Crippen molar-refractivity contribution in [1.29, 1.82) is 0 Å². The van der Waals surface area contributed by atoms with E-state index in [1.165, 1.54) is 0 Å². The highest BCUT2D eigenvalue weighted by atomic mass is 19.4. The highest BCUT2D eigenvalue weighted by Gasteiger charge is 2.34. The van der Waals surface area contributed by atoms with Gasteiger partial charge in [-0.1, -0.05) is 24.3 Å². The number of nitrogens with one attached hydrogen (secondary N) is 1. The van der Waals surface area contributed by atoms with Crippen molar-refractivity contribution in [3.63, 3.8) is 0 Å². The minimum absolute atomic E-state index is 0.185. The van der Waals surface area contributed by atoms with E-state index in [0.29, 0.717) is 12.6 Å². The summed E-state index contributed by atoms with van der Waals surface area (Å²) in [7, 11) is 0. The third kappa shape index (κ3) is 4.67. The molecule has 0 bridgehead atoms. The number of carbonyl (C=O) groups is 1. The van der Waals surface area contributed by atoms with Crippen LogP contribution >= 0.6 is 0 Å². The Morgan fingerprint density at radius 1 is 1.04 bits per heavy atom. The van der Waals surface area contributed by atoms with Crippen molar-refractivity contribution in [2.24, 2.45) is 0 Å². The van der Waals surface area contributed by atoms with E-state index in [2.05, 4.69) is 10.4 Å². The Bertz CT molecular complexity index is 1010. The van der Waals surface area contributed by atoms with Gasteiger partial charge in [-0.3, -0.25) is 14.3 Å². The van der Waals surface area contributed by atoms with E-state index in [1.54, 1.807) is 16.9 Å². The zero-order valence-corrected chi connectivity index (χ0v) is 14.7. The molecule has 6 nitrogen and oxygen atoms in total. The topological polar surface area (TPSA) is 68.9 Å². The van der Waals surface area contributed by atoms with Crippen molar-refractivity contribution in [1.82, 2.24) is 19.7 Å². The predicted octanol–water partition coefficient (Wildman–Crippen LogP) is 2.43. The lowest BCUT2D eigenvalue weighted by Gasteiger charge is -2.12. The quantitative estimate of drug-likeness (QED) is 0.703. The second-order valence-electron chi connectivity index (χ2n) is 6.10. The highest BCUT2D eigenvalue weighted by molar-refractivity contribution is 5.75. The SMILES string of the molecule is O=C(Cn1cccc(C(F)(F)F)c1=O)NCc1ccccc1Cn1cccn1. The molecule has 0 unspecified atom stereocenters. The largest absolute Gasteiger partial charge is 0.421 e. The molecule has 1 amide bonds. The van der Waals surface area contributed by atoms with Crippen LogP contribution in [0.2, 0.25) is 0 Å². The van der Waals surface area contributed by atoms with Gasteiger partial charge >= 0.3 is 6.18 Å². The number of carbonyl (C=O) groups excluding carboxylic acids is 1. The van der Waals surface area contributed by atoms with Crippen molar-refractivity contribution < 1.29 is 18.0 Å². The first-order valence-corrected chi connectivity index (χ1v) is 8.42. The van der Waals surface area contributed by atoms with Gasteiger partial charge in [0.15, 0.2) is 0 Å². The summed E-state index contributed by atoms with van der Waals surface area (Å²) >= 11 is 0. The van der Waals surface area contributed by atoms with Crippen molar-refractivity contribution in [2.45, 2.75) is 25.8 Å². The highest BCUT2D eigenvalue weighted by Crippen LogP contribution is 2.25. The molecule has 9 heteroatoms. The van der Waals surface area contributed by atoms with Crippen LogP contribution in [0.1, 0.15) is 16.7 Å². The van der Waals surface area contributed by atoms with Crippen LogP contribution in [0.4, 0.5) is 13.2 Å². The number of hydrogen-bond donors (Lipinski definition) is 1. The van der Waals surface area contributed by atoms with Crippen molar-refractivity contribution >= 4 is 5.91 Å². The Balaban J connectivity index is 1.67. The normalized spacial score (nSPS) is 11.4. The van der Waals surface area contributed by atoms with Gasteiger partial charge in [0, 0.05) is 25.1 Å². The summed E-state index contributed by atoms with van der Waals surface area (Å²) in [5.74, 6) is -0.560. The molecule has 1 aromatic carbocycles. The van der Waals surface area contributed by atoms with Crippen molar-refractivity contribution in [2.75, 3.05) is 0 Å². The number of halogens is 3. The molecule has 2 aromatic heterocycles. The summed E-state index contributed by atoms with van der Waals surface area (Å²) < 4.78 is 40.9. The number of aromatic nitrogens is 3. The van der Waals surface area contributed by atoms with Gasteiger partial charge in [0.1, 0.15) is 12.1 Å². The Kier molecular flexibility index (Phi) is 5.62. The van der Waals surface area contributed by atoms with E-state index < -0.39 is 29.8 Å². The lowest BCUT2D eigenvalue weighted by molar-refractivity contribution is -0.139. The van der Waals surface area contributed by atoms with Gasteiger partial charge in [0.25, 0.3) is 5.56 Å². The first kappa shape index (κ1) is 19.4.